The SMILES string of the molecule is C=CCNc1nccc(NCc2ccc(OC)c(OC)c2)n1. The maximum Gasteiger partial charge on any atom is 0.224 e. The summed E-state index contributed by atoms with van der Waals surface area (Å²) < 4.78 is 10.5. The number of hydrogen-bond acceptors (Lipinski definition) is 6. The average Bonchev–Trinajstić information content (AvgIpc) is 2.58. The van der Waals surface area contributed by atoms with E-state index in [9.17, 15) is 0 Å². The fraction of sp³-hybridized carbons (Fsp3) is 0.250. The molecule has 0 radical (unpaired) electrons. The Bertz CT molecular complexity index is 631. The van der Waals surface area contributed by atoms with E-state index in [0.717, 1.165) is 11.4 Å². The van der Waals surface area contributed by atoms with Gasteiger partial charge in [0, 0.05) is 19.3 Å². The first kappa shape index (κ1) is 15.6. The first-order chi connectivity index (χ1) is 10.8. The molecule has 1 aromatic carbocycles. The molecule has 2 aromatic rings. The predicted molar refractivity (Wildman–Crippen MR) is 87.6 cm³/mol. The molecule has 6 nitrogen and oxygen atoms in total. The van der Waals surface area contributed by atoms with Gasteiger partial charge in [0.1, 0.15) is 5.82 Å². The van der Waals surface area contributed by atoms with E-state index in [1.165, 1.54) is 0 Å². The van der Waals surface area contributed by atoms with Crippen molar-refractivity contribution >= 4 is 11.8 Å². The molecule has 0 atom stereocenters. The molecule has 0 unspecified atom stereocenters. The van der Waals surface area contributed by atoms with E-state index in [4.69, 9.17) is 9.47 Å². The van der Waals surface area contributed by atoms with Crippen molar-refractivity contribution in [2.75, 3.05) is 31.4 Å². The largest absolute Gasteiger partial charge is 0.493 e. The molecule has 2 rings (SSSR count). The molecule has 116 valence electrons. The Morgan fingerprint density at radius 3 is 2.68 bits per heavy atom. The summed E-state index contributed by atoms with van der Waals surface area (Å²) in [6.45, 7) is 4.90. The molecule has 2 N–H and O–H groups in total. The number of nitrogens with zero attached hydrogens (tertiary/aromatic N) is 2. The number of anilines is 2. The second-order valence-electron chi connectivity index (χ2n) is 4.48. The van der Waals surface area contributed by atoms with Crippen LogP contribution in [0.25, 0.3) is 0 Å². The van der Waals surface area contributed by atoms with Crippen LogP contribution in [0.4, 0.5) is 11.8 Å². The summed E-state index contributed by atoms with van der Waals surface area (Å²) >= 11 is 0. The zero-order chi connectivity index (χ0) is 15.8. The van der Waals surface area contributed by atoms with Crippen LogP contribution in [0.5, 0.6) is 11.5 Å². The van der Waals surface area contributed by atoms with Gasteiger partial charge in [-0.2, -0.15) is 4.98 Å². The molecule has 0 fully saturated rings. The molecule has 0 saturated heterocycles. The fourth-order valence-corrected chi connectivity index (χ4v) is 1.89. The molecule has 0 spiro atoms. The average molecular weight is 300 g/mol. The Morgan fingerprint density at radius 1 is 1.14 bits per heavy atom. The van der Waals surface area contributed by atoms with E-state index >= 15 is 0 Å². The van der Waals surface area contributed by atoms with E-state index in [0.29, 0.717) is 30.5 Å². The third-order valence-corrected chi connectivity index (χ3v) is 2.98. The van der Waals surface area contributed by atoms with Crippen molar-refractivity contribution in [3.05, 3.63) is 48.7 Å². The van der Waals surface area contributed by atoms with Crippen molar-refractivity contribution in [1.29, 1.82) is 0 Å². The van der Waals surface area contributed by atoms with Crippen molar-refractivity contribution < 1.29 is 9.47 Å². The van der Waals surface area contributed by atoms with Crippen LogP contribution >= 0.6 is 0 Å². The van der Waals surface area contributed by atoms with Gasteiger partial charge < -0.3 is 20.1 Å². The number of ether oxygens (including phenoxy) is 2. The van der Waals surface area contributed by atoms with Gasteiger partial charge in [-0.15, -0.1) is 6.58 Å². The number of nitrogens with one attached hydrogen (secondary N) is 2. The van der Waals surface area contributed by atoms with Gasteiger partial charge in [-0.1, -0.05) is 12.1 Å². The summed E-state index contributed by atoms with van der Waals surface area (Å²) in [6.07, 6.45) is 3.46. The van der Waals surface area contributed by atoms with Crippen molar-refractivity contribution in [1.82, 2.24) is 9.97 Å². The van der Waals surface area contributed by atoms with Crippen LogP contribution < -0.4 is 20.1 Å². The minimum absolute atomic E-state index is 0.567. The summed E-state index contributed by atoms with van der Waals surface area (Å²) in [7, 11) is 3.24. The van der Waals surface area contributed by atoms with Crippen LogP contribution in [-0.2, 0) is 6.54 Å². The van der Waals surface area contributed by atoms with Crippen LogP contribution in [0.2, 0.25) is 0 Å². The highest BCUT2D eigenvalue weighted by molar-refractivity contribution is 5.45. The molecule has 0 aliphatic heterocycles. The zero-order valence-electron chi connectivity index (χ0n) is 12.8. The maximum atomic E-state index is 5.29. The van der Waals surface area contributed by atoms with Gasteiger partial charge in [-0.25, -0.2) is 4.98 Å². The van der Waals surface area contributed by atoms with Gasteiger partial charge in [0.25, 0.3) is 0 Å². The monoisotopic (exact) mass is 300 g/mol. The number of rotatable bonds is 8. The molecule has 1 heterocycles. The zero-order valence-corrected chi connectivity index (χ0v) is 12.8. The van der Waals surface area contributed by atoms with E-state index in [-0.39, 0.29) is 0 Å². The number of hydrogen-bond donors (Lipinski definition) is 2. The highest BCUT2D eigenvalue weighted by Gasteiger charge is 2.05. The lowest BCUT2D eigenvalue weighted by atomic mass is 10.2. The molecule has 0 aliphatic carbocycles. The minimum atomic E-state index is 0.567. The van der Waals surface area contributed by atoms with Crippen LogP contribution in [0.1, 0.15) is 5.56 Å². The summed E-state index contributed by atoms with van der Waals surface area (Å²) in [5.41, 5.74) is 1.07. The van der Waals surface area contributed by atoms with E-state index in [2.05, 4.69) is 27.2 Å². The Morgan fingerprint density at radius 2 is 1.95 bits per heavy atom. The second-order valence-corrected chi connectivity index (χ2v) is 4.48. The summed E-state index contributed by atoms with van der Waals surface area (Å²) in [5.74, 6) is 2.73. The molecular formula is C16H20N4O2. The van der Waals surface area contributed by atoms with Gasteiger partial charge in [0.05, 0.1) is 14.2 Å². The minimum Gasteiger partial charge on any atom is -0.493 e. The second kappa shape index (κ2) is 7.87. The smallest absolute Gasteiger partial charge is 0.224 e. The molecule has 0 bridgehead atoms. The van der Waals surface area contributed by atoms with E-state index < -0.39 is 0 Å². The molecule has 1 aromatic heterocycles. The van der Waals surface area contributed by atoms with Crippen molar-refractivity contribution in [3.8, 4) is 11.5 Å². The lowest BCUT2D eigenvalue weighted by Crippen LogP contribution is -2.06. The van der Waals surface area contributed by atoms with E-state index in [1.54, 1.807) is 26.5 Å². The first-order valence-electron chi connectivity index (χ1n) is 6.89. The quantitative estimate of drug-likeness (QED) is 0.731. The Hall–Kier alpha value is -2.76. The lowest BCUT2D eigenvalue weighted by Gasteiger charge is -2.11. The third-order valence-electron chi connectivity index (χ3n) is 2.98. The van der Waals surface area contributed by atoms with Crippen molar-refractivity contribution in [2.24, 2.45) is 0 Å². The molecule has 0 aliphatic rings. The van der Waals surface area contributed by atoms with Crippen molar-refractivity contribution in [3.63, 3.8) is 0 Å². The highest BCUT2D eigenvalue weighted by atomic mass is 16.5. The number of benzene rings is 1. The molecule has 0 amide bonds. The fourth-order valence-electron chi connectivity index (χ4n) is 1.89. The summed E-state index contributed by atoms with van der Waals surface area (Å²) in [5, 5.41) is 6.30. The standard InChI is InChI=1S/C16H20N4O2/c1-4-8-17-16-18-9-7-15(20-16)19-11-12-5-6-13(21-2)14(10-12)22-3/h4-7,9-10H,1,8,11H2,2-3H3,(H2,17,18,19,20). The first-order valence-corrected chi connectivity index (χ1v) is 6.89. The normalized spacial score (nSPS) is 9.91. The van der Waals surface area contributed by atoms with Gasteiger partial charge in [0.2, 0.25) is 5.95 Å². The van der Waals surface area contributed by atoms with Crippen LogP contribution in [0, 0.1) is 0 Å². The van der Waals surface area contributed by atoms with E-state index in [1.807, 2.05) is 24.3 Å². The van der Waals surface area contributed by atoms with Crippen molar-refractivity contribution in [2.45, 2.75) is 6.54 Å². The van der Waals surface area contributed by atoms with Crippen LogP contribution in [-0.4, -0.2) is 30.7 Å². The molecule has 22 heavy (non-hydrogen) atoms. The Kier molecular flexibility index (Phi) is 5.59. The highest BCUT2D eigenvalue weighted by Crippen LogP contribution is 2.27. The number of aromatic nitrogens is 2. The van der Waals surface area contributed by atoms with Gasteiger partial charge in [-0.05, 0) is 23.8 Å². The molecule has 0 saturated carbocycles. The Balaban J connectivity index is 2.02. The predicted octanol–water partition coefficient (Wildman–Crippen LogP) is 2.70. The van der Waals surface area contributed by atoms with Gasteiger partial charge in [0.15, 0.2) is 11.5 Å². The summed E-state index contributed by atoms with van der Waals surface area (Å²) in [6, 6.07) is 7.61. The molecular weight excluding hydrogens is 280 g/mol. The topological polar surface area (TPSA) is 68.3 Å². The van der Waals surface area contributed by atoms with Crippen LogP contribution in [0.3, 0.4) is 0 Å². The van der Waals surface area contributed by atoms with Crippen LogP contribution in [0.15, 0.2) is 43.1 Å². The third kappa shape index (κ3) is 4.12. The maximum absolute atomic E-state index is 5.29. The number of methoxy groups -OCH3 is 2. The lowest BCUT2D eigenvalue weighted by molar-refractivity contribution is 0.354. The molecule has 6 heteroatoms. The Labute approximate surface area is 130 Å². The summed E-state index contributed by atoms with van der Waals surface area (Å²) in [4.78, 5) is 8.50. The van der Waals surface area contributed by atoms with Gasteiger partial charge in [-0.3, -0.25) is 0 Å². The van der Waals surface area contributed by atoms with Gasteiger partial charge >= 0.3 is 0 Å².